The van der Waals surface area contributed by atoms with Crippen LogP contribution in [0.3, 0.4) is 0 Å². The van der Waals surface area contributed by atoms with E-state index in [1.54, 1.807) is 13.8 Å². The third-order valence-corrected chi connectivity index (χ3v) is 3.64. The smallest absolute Gasteiger partial charge is 0.391 e. The van der Waals surface area contributed by atoms with Gasteiger partial charge in [0.15, 0.2) is 0 Å². The molecular formula is C12H25NO8S. The molecule has 0 aliphatic carbocycles. The molecule has 5 atom stereocenters. The van der Waals surface area contributed by atoms with Gasteiger partial charge in [-0.1, -0.05) is 20.8 Å². The molecule has 0 aliphatic heterocycles. The summed E-state index contributed by atoms with van der Waals surface area (Å²) in [6.45, 7) is 5.35. The minimum absolute atomic E-state index is 0.303. The number of nitrogens with one attached hydrogen (secondary N) is 1. The van der Waals surface area contributed by atoms with Crippen molar-refractivity contribution in [2.45, 2.75) is 52.0 Å². The maximum Gasteiger partial charge on any atom is 0.397 e. The van der Waals surface area contributed by atoms with Crippen LogP contribution in [0.4, 0.5) is 0 Å². The Bertz CT molecular complexity index is 452. The highest BCUT2D eigenvalue weighted by atomic mass is 32.3. The summed E-state index contributed by atoms with van der Waals surface area (Å²) in [5.74, 6) is -1.69. The minimum atomic E-state index is -4.66. The molecule has 0 aromatic rings. The van der Waals surface area contributed by atoms with Crippen molar-refractivity contribution in [3.05, 3.63) is 0 Å². The first kappa shape index (κ1) is 21.2. The first-order chi connectivity index (χ1) is 9.86. The Morgan fingerprint density at radius 2 is 1.59 bits per heavy atom. The van der Waals surface area contributed by atoms with Crippen molar-refractivity contribution in [2.75, 3.05) is 6.61 Å². The quantitative estimate of drug-likeness (QED) is 0.323. The number of amides is 1. The monoisotopic (exact) mass is 343 g/mol. The molecule has 1 amide bonds. The molecule has 5 N–H and O–H groups in total. The Morgan fingerprint density at radius 1 is 1.09 bits per heavy atom. The van der Waals surface area contributed by atoms with Crippen LogP contribution in [0.15, 0.2) is 0 Å². The molecule has 0 bridgehead atoms. The molecule has 9 nitrogen and oxygen atoms in total. The maximum absolute atomic E-state index is 11.2. The van der Waals surface area contributed by atoms with E-state index in [0.717, 1.165) is 0 Å². The van der Waals surface area contributed by atoms with Gasteiger partial charge in [0, 0.05) is 12.8 Å². The molecule has 2 unspecified atom stereocenters. The van der Waals surface area contributed by atoms with Gasteiger partial charge in [0.25, 0.3) is 0 Å². The van der Waals surface area contributed by atoms with Crippen molar-refractivity contribution in [3.63, 3.8) is 0 Å². The molecule has 0 spiro atoms. The average Bonchev–Trinajstić information content (AvgIpc) is 2.38. The van der Waals surface area contributed by atoms with Gasteiger partial charge in [-0.05, 0) is 5.92 Å². The third-order valence-electron chi connectivity index (χ3n) is 3.20. The molecule has 0 saturated heterocycles. The fourth-order valence-corrected chi connectivity index (χ4v) is 2.25. The summed E-state index contributed by atoms with van der Waals surface area (Å²) in [4.78, 5) is 11.2. The van der Waals surface area contributed by atoms with E-state index in [-0.39, 0.29) is 5.92 Å². The van der Waals surface area contributed by atoms with Gasteiger partial charge >= 0.3 is 10.4 Å². The number of rotatable bonds is 9. The summed E-state index contributed by atoms with van der Waals surface area (Å²) in [5.41, 5.74) is 0. The van der Waals surface area contributed by atoms with Crippen LogP contribution in [-0.4, -0.2) is 65.2 Å². The number of aliphatic hydroxyl groups is 3. The van der Waals surface area contributed by atoms with Crippen molar-refractivity contribution in [1.82, 2.24) is 5.32 Å². The molecule has 0 aromatic heterocycles. The minimum Gasteiger partial charge on any atom is -0.391 e. The summed E-state index contributed by atoms with van der Waals surface area (Å²) < 4.78 is 33.6. The second kappa shape index (κ2) is 8.75. The van der Waals surface area contributed by atoms with E-state index < -0.39 is 53.2 Å². The lowest BCUT2D eigenvalue weighted by Gasteiger charge is -2.34. The SMILES string of the molecule is CC(=O)NC([C@H](O)C(C)C)[C@H](O)[C@H](O)C(C)COS(=O)(=O)O. The summed E-state index contributed by atoms with van der Waals surface area (Å²) >= 11 is 0. The lowest BCUT2D eigenvalue weighted by Crippen LogP contribution is -2.57. The Labute approximate surface area is 130 Å². The largest absolute Gasteiger partial charge is 0.397 e. The molecule has 0 aliphatic rings. The van der Waals surface area contributed by atoms with Gasteiger partial charge in [-0.3, -0.25) is 9.35 Å². The van der Waals surface area contributed by atoms with E-state index in [4.69, 9.17) is 4.55 Å². The molecule has 0 saturated carbocycles. The Balaban J connectivity index is 4.95. The molecule has 0 fully saturated rings. The molecule has 0 heterocycles. The lowest BCUT2D eigenvalue weighted by atomic mass is 9.88. The van der Waals surface area contributed by atoms with Gasteiger partial charge in [-0.2, -0.15) is 8.42 Å². The summed E-state index contributed by atoms with van der Waals surface area (Å²) in [5, 5.41) is 32.6. The van der Waals surface area contributed by atoms with Crippen LogP contribution in [0, 0.1) is 11.8 Å². The topological polar surface area (TPSA) is 153 Å². The van der Waals surface area contributed by atoms with Crippen LogP contribution in [0.5, 0.6) is 0 Å². The first-order valence-corrected chi connectivity index (χ1v) is 8.16. The fraction of sp³-hybridized carbons (Fsp3) is 0.917. The van der Waals surface area contributed by atoms with Gasteiger partial charge in [0.2, 0.25) is 5.91 Å². The zero-order valence-electron chi connectivity index (χ0n) is 13.0. The second-order valence-electron chi connectivity index (χ2n) is 5.63. The van der Waals surface area contributed by atoms with Gasteiger partial charge in [-0.15, -0.1) is 0 Å². The number of aliphatic hydroxyl groups excluding tert-OH is 3. The number of carbonyl (C=O) groups excluding carboxylic acids is 1. The molecule has 10 heteroatoms. The fourth-order valence-electron chi connectivity index (χ4n) is 1.86. The Morgan fingerprint density at radius 3 is 1.95 bits per heavy atom. The number of hydrogen-bond donors (Lipinski definition) is 5. The van der Waals surface area contributed by atoms with Crippen molar-refractivity contribution < 1.29 is 37.3 Å². The zero-order valence-corrected chi connectivity index (χ0v) is 13.8. The lowest BCUT2D eigenvalue weighted by molar-refractivity contribution is -0.125. The van der Waals surface area contributed by atoms with Gasteiger partial charge in [0.1, 0.15) is 6.10 Å². The highest BCUT2D eigenvalue weighted by molar-refractivity contribution is 7.80. The molecular weight excluding hydrogens is 318 g/mol. The third kappa shape index (κ3) is 7.47. The van der Waals surface area contributed by atoms with E-state index in [1.807, 2.05) is 0 Å². The van der Waals surface area contributed by atoms with Crippen LogP contribution in [0.1, 0.15) is 27.7 Å². The van der Waals surface area contributed by atoms with Crippen molar-refractivity contribution in [1.29, 1.82) is 0 Å². The van der Waals surface area contributed by atoms with Crippen LogP contribution in [0.25, 0.3) is 0 Å². The Hall–Kier alpha value is -0.780. The van der Waals surface area contributed by atoms with E-state index in [9.17, 15) is 28.5 Å². The van der Waals surface area contributed by atoms with Gasteiger partial charge in [-0.25, -0.2) is 4.18 Å². The van der Waals surface area contributed by atoms with Crippen LogP contribution < -0.4 is 5.32 Å². The predicted octanol–water partition coefficient (Wildman–Crippen LogP) is -1.31. The van der Waals surface area contributed by atoms with Crippen LogP contribution in [0.2, 0.25) is 0 Å². The summed E-state index contributed by atoms with van der Waals surface area (Å²) in [6.07, 6.45) is -4.17. The zero-order chi connectivity index (χ0) is 17.7. The van der Waals surface area contributed by atoms with E-state index in [1.165, 1.54) is 13.8 Å². The predicted molar refractivity (Wildman–Crippen MR) is 77.1 cm³/mol. The van der Waals surface area contributed by atoms with E-state index >= 15 is 0 Å². The van der Waals surface area contributed by atoms with E-state index in [2.05, 4.69) is 9.50 Å². The standard InChI is InChI=1S/C12H25NO8S/c1-6(2)10(15)9(13-8(4)14)12(17)11(16)7(3)5-21-22(18,19)20/h6-7,9-12,15-17H,5H2,1-4H3,(H,13,14)(H,18,19,20)/t7?,9?,10-,11-,12+/m1/s1. The molecule has 0 rings (SSSR count). The molecule has 22 heavy (non-hydrogen) atoms. The van der Waals surface area contributed by atoms with Crippen LogP contribution in [-0.2, 0) is 19.4 Å². The summed E-state index contributed by atoms with van der Waals surface area (Å²) in [6, 6.07) is -1.14. The molecule has 0 aromatic carbocycles. The van der Waals surface area contributed by atoms with Gasteiger partial charge in [0.05, 0.1) is 24.9 Å². The Kier molecular flexibility index (Phi) is 8.44. The maximum atomic E-state index is 11.2. The van der Waals surface area contributed by atoms with Crippen molar-refractivity contribution in [3.8, 4) is 0 Å². The number of carbonyl (C=O) groups is 1. The summed E-state index contributed by atoms with van der Waals surface area (Å²) in [7, 11) is -4.66. The highest BCUT2D eigenvalue weighted by Crippen LogP contribution is 2.17. The molecule has 132 valence electrons. The van der Waals surface area contributed by atoms with Crippen molar-refractivity contribution >= 4 is 16.3 Å². The van der Waals surface area contributed by atoms with Gasteiger partial charge < -0.3 is 20.6 Å². The molecule has 0 radical (unpaired) electrons. The second-order valence-corrected chi connectivity index (χ2v) is 6.72. The first-order valence-electron chi connectivity index (χ1n) is 6.80. The van der Waals surface area contributed by atoms with Crippen molar-refractivity contribution in [2.24, 2.45) is 11.8 Å². The normalized spacial score (nSPS) is 19.3. The highest BCUT2D eigenvalue weighted by Gasteiger charge is 2.36. The van der Waals surface area contributed by atoms with Crippen LogP contribution >= 0.6 is 0 Å². The average molecular weight is 343 g/mol. The number of hydrogen-bond acceptors (Lipinski definition) is 7. The van der Waals surface area contributed by atoms with E-state index in [0.29, 0.717) is 0 Å².